The Hall–Kier alpha value is -2.93. The summed E-state index contributed by atoms with van der Waals surface area (Å²) in [5.41, 5.74) is 3.68. The molecule has 3 saturated carbocycles. The van der Waals surface area contributed by atoms with Crippen molar-refractivity contribution >= 4 is 17.6 Å². The van der Waals surface area contributed by atoms with Crippen LogP contribution < -0.4 is 10.6 Å². The monoisotopic (exact) mass is 451 g/mol. The van der Waals surface area contributed by atoms with Crippen LogP contribution in [0.2, 0.25) is 0 Å². The minimum absolute atomic E-state index is 0.0299. The van der Waals surface area contributed by atoms with Gasteiger partial charge in [-0.25, -0.2) is 9.18 Å². The van der Waals surface area contributed by atoms with Gasteiger partial charge in [-0.1, -0.05) is 18.2 Å². The molecule has 3 amide bonds. The van der Waals surface area contributed by atoms with Crippen molar-refractivity contribution in [3.63, 3.8) is 0 Å². The molecule has 3 N–H and O–H groups in total. The molecule has 7 heteroatoms. The fourth-order valence-corrected chi connectivity index (χ4v) is 5.93. The van der Waals surface area contributed by atoms with Gasteiger partial charge in [0, 0.05) is 30.7 Å². The second-order valence-corrected chi connectivity index (χ2v) is 9.82. The Labute approximate surface area is 193 Å². The maximum absolute atomic E-state index is 13.5. The second kappa shape index (κ2) is 8.45. The molecule has 6 nitrogen and oxygen atoms in total. The highest BCUT2D eigenvalue weighted by molar-refractivity contribution is 5.89. The van der Waals surface area contributed by atoms with E-state index in [1.54, 1.807) is 11.0 Å². The van der Waals surface area contributed by atoms with Crippen molar-refractivity contribution in [3.8, 4) is 0 Å². The van der Waals surface area contributed by atoms with Crippen LogP contribution in [0.15, 0.2) is 42.5 Å². The van der Waals surface area contributed by atoms with Gasteiger partial charge < -0.3 is 20.6 Å². The van der Waals surface area contributed by atoms with Crippen molar-refractivity contribution in [2.45, 2.75) is 57.0 Å². The smallest absolute Gasteiger partial charge is 0.322 e. The van der Waals surface area contributed by atoms with Gasteiger partial charge in [-0.05, 0) is 84.9 Å². The molecular weight excluding hydrogens is 421 g/mol. The third-order valence-electron chi connectivity index (χ3n) is 8.05. The van der Waals surface area contributed by atoms with E-state index in [1.807, 2.05) is 12.1 Å². The van der Waals surface area contributed by atoms with E-state index in [2.05, 4.69) is 22.8 Å². The summed E-state index contributed by atoms with van der Waals surface area (Å²) in [6.07, 6.45) is 5.56. The Morgan fingerprint density at radius 3 is 2.27 bits per heavy atom. The number of rotatable bonds is 5. The topological polar surface area (TPSA) is 81.7 Å². The number of aliphatic hydroxyl groups is 1. The predicted octanol–water partition coefficient (Wildman–Crippen LogP) is 4.07. The molecule has 0 saturated heterocycles. The van der Waals surface area contributed by atoms with Crippen molar-refractivity contribution in [2.75, 3.05) is 18.5 Å². The number of nitrogens with zero attached hydrogens (tertiary/aromatic N) is 1. The second-order valence-electron chi connectivity index (χ2n) is 9.82. The van der Waals surface area contributed by atoms with E-state index in [9.17, 15) is 14.0 Å². The minimum Gasteiger partial charge on any atom is -0.395 e. The molecule has 3 fully saturated rings. The number of aliphatic hydroxyl groups excluding tert-OH is 1. The lowest BCUT2D eigenvalue weighted by atomic mass is 9.51. The highest BCUT2D eigenvalue weighted by atomic mass is 19.1. The summed E-state index contributed by atoms with van der Waals surface area (Å²) >= 11 is 0. The molecule has 0 atom stereocenters. The molecule has 2 aromatic carbocycles. The standard InChI is InChI=1S/C26H30FN3O3/c27-21-4-1-18-16-30(17-19(18)15-21)24(33)29-22-5-2-20(3-6-22)25-7-10-26(11-8-25,12-9-25)23(32)28-13-14-31/h1-6,15,31H,7-14,16-17H2,(H,28,32)(H,29,33). The van der Waals surface area contributed by atoms with Gasteiger partial charge in [-0.3, -0.25) is 4.79 Å². The molecule has 0 spiro atoms. The molecule has 0 unspecified atom stereocenters. The van der Waals surface area contributed by atoms with Crippen LogP contribution >= 0.6 is 0 Å². The molecule has 1 heterocycles. The molecule has 33 heavy (non-hydrogen) atoms. The molecule has 3 aliphatic carbocycles. The van der Waals surface area contributed by atoms with E-state index in [-0.39, 0.29) is 35.2 Å². The number of nitrogens with one attached hydrogen (secondary N) is 2. The lowest BCUT2D eigenvalue weighted by Crippen LogP contribution is -2.52. The third-order valence-corrected chi connectivity index (χ3v) is 8.05. The number of hydrogen-bond acceptors (Lipinski definition) is 3. The first-order chi connectivity index (χ1) is 15.9. The number of hydrogen-bond donors (Lipinski definition) is 3. The molecule has 2 aromatic rings. The molecule has 2 bridgehead atoms. The average molecular weight is 452 g/mol. The van der Waals surface area contributed by atoms with Gasteiger partial charge in [-0.2, -0.15) is 0 Å². The zero-order chi connectivity index (χ0) is 23.1. The van der Waals surface area contributed by atoms with Gasteiger partial charge in [0.2, 0.25) is 5.91 Å². The summed E-state index contributed by atoms with van der Waals surface area (Å²) in [6, 6.07) is 12.6. The van der Waals surface area contributed by atoms with Crippen LogP contribution in [0.25, 0.3) is 0 Å². The zero-order valence-electron chi connectivity index (χ0n) is 18.7. The number of carbonyl (C=O) groups is 2. The molecule has 0 aromatic heterocycles. The third kappa shape index (κ3) is 3.99. The molecule has 0 radical (unpaired) electrons. The van der Waals surface area contributed by atoms with E-state index in [0.717, 1.165) is 55.3 Å². The van der Waals surface area contributed by atoms with Crippen molar-refractivity contribution in [3.05, 3.63) is 65.0 Å². The number of anilines is 1. The number of halogens is 1. The van der Waals surface area contributed by atoms with Crippen molar-refractivity contribution in [1.29, 1.82) is 0 Å². The highest BCUT2D eigenvalue weighted by Crippen LogP contribution is 2.57. The Kier molecular flexibility index (Phi) is 5.60. The van der Waals surface area contributed by atoms with Crippen LogP contribution in [-0.2, 0) is 23.3 Å². The number of carbonyl (C=O) groups excluding carboxylic acids is 2. The Balaban J connectivity index is 1.20. The molecule has 174 valence electrons. The Morgan fingerprint density at radius 2 is 1.61 bits per heavy atom. The number of benzene rings is 2. The fraction of sp³-hybridized carbons (Fsp3) is 0.462. The normalized spacial score (nSPS) is 25.6. The van der Waals surface area contributed by atoms with Crippen LogP contribution in [0.3, 0.4) is 0 Å². The van der Waals surface area contributed by atoms with Gasteiger partial charge >= 0.3 is 6.03 Å². The van der Waals surface area contributed by atoms with Gasteiger partial charge in [0.1, 0.15) is 5.82 Å². The fourth-order valence-electron chi connectivity index (χ4n) is 5.93. The first-order valence-corrected chi connectivity index (χ1v) is 11.8. The molecule has 6 rings (SSSR count). The van der Waals surface area contributed by atoms with Crippen LogP contribution in [0, 0.1) is 11.2 Å². The van der Waals surface area contributed by atoms with E-state index >= 15 is 0 Å². The number of fused-ring (bicyclic) bond motifs is 4. The van der Waals surface area contributed by atoms with E-state index < -0.39 is 0 Å². The molecular formula is C26H30FN3O3. The SMILES string of the molecule is O=C(Nc1ccc(C23CCC(C(=O)NCCO)(CC2)CC3)cc1)N1Cc2ccc(F)cc2C1. The summed E-state index contributed by atoms with van der Waals surface area (Å²) in [5.74, 6) is -0.186. The maximum Gasteiger partial charge on any atom is 0.322 e. The van der Waals surface area contributed by atoms with Crippen LogP contribution in [0.5, 0.6) is 0 Å². The zero-order valence-corrected chi connectivity index (χ0v) is 18.7. The summed E-state index contributed by atoms with van der Waals surface area (Å²) < 4.78 is 13.5. The Bertz CT molecular complexity index is 1040. The summed E-state index contributed by atoms with van der Waals surface area (Å²) in [6.45, 7) is 1.18. The Morgan fingerprint density at radius 1 is 0.939 bits per heavy atom. The first kappa shape index (κ1) is 21.9. The van der Waals surface area contributed by atoms with Gasteiger partial charge in [0.05, 0.1) is 6.61 Å². The number of amides is 3. The minimum atomic E-state index is -0.278. The van der Waals surface area contributed by atoms with Gasteiger partial charge in [0.15, 0.2) is 0 Å². The largest absolute Gasteiger partial charge is 0.395 e. The van der Waals surface area contributed by atoms with Crippen LogP contribution in [-0.4, -0.2) is 35.1 Å². The quantitative estimate of drug-likeness (QED) is 0.641. The van der Waals surface area contributed by atoms with Crippen LogP contribution in [0.4, 0.5) is 14.9 Å². The van der Waals surface area contributed by atoms with Crippen LogP contribution in [0.1, 0.15) is 55.2 Å². The predicted molar refractivity (Wildman–Crippen MR) is 123 cm³/mol. The average Bonchev–Trinajstić information content (AvgIpc) is 3.27. The van der Waals surface area contributed by atoms with E-state index in [1.165, 1.54) is 17.7 Å². The van der Waals surface area contributed by atoms with Crippen molar-refractivity contribution < 1.29 is 19.1 Å². The lowest BCUT2D eigenvalue weighted by Gasteiger charge is -2.52. The molecule has 4 aliphatic rings. The summed E-state index contributed by atoms with van der Waals surface area (Å²) in [4.78, 5) is 27.0. The van der Waals surface area contributed by atoms with E-state index in [4.69, 9.17) is 5.11 Å². The highest BCUT2D eigenvalue weighted by Gasteiger charge is 2.52. The van der Waals surface area contributed by atoms with Crippen molar-refractivity contribution in [2.24, 2.45) is 5.41 Å². The van der Waals surface area contributed by atoms with Crippen molar-refractivity contribution in [1.82, 2.24) is 10.2 Å². The lowest BCUT2D eigenvalue weighted by molar-refractivity contribution is -0.138. The maximum atomic E-state index is 13.5. The number of urea groups is 1. The van der Waals surface area contributed by atoms with Gasteiger partial charge in [0.25, 0.3) is 0 Å². The van der Waals surface area contributed by atoms with E-state index in [0.29, 0.717) is 19.6 Å². The van der Waals surface area contributed by atoms with Gasteiger partial charge in [-0.15, -0.1) is 0 Å². The first-order valence-electron chi connectivity index (χ1n) is 11.8. The molecule has 1 aliphatic heterocycles. The summed E-state index contributed by atoms with van der Waals surface area (Å²) in [5, 5.41) is 14.8. The summed E-state index contributed by atoms with van der Waals surface area (Å²) in [7, 11) is 0.